The van der Waals surface area contributed by atoms with E-state index in [2.05, 4.69) is 10.6 Å². The Labute approximate surface area is 152 Å². The number of halogens is 1. The van der Waals surface area contributed by atoms with Crippen LogP contribution in [0.5, 0.6) is 5.75 Å². The second-order valence-electron chi connectivity index (χ2n) is 5.10. The number of hydrogen-bond donors (Lipinski definition) is 2. The van der Waals surface area contributed by atoms with Gasteiger partial charge in [0.25, 0.3) is 5.91 Å². The Hall–Kier alpha value is -2.11. The summed E-state index contributed by atoms with van der Waals surface area (Å²) >= 11 is 11.2. The van der Waals surface area contributed by atoms with Gasteiger partial charge in [-0.2, -0.15) is 0 Å². The van der Waals surface area contributed by atoms with Crippen LogP contribution in [0.15, 0.2) is 48.5 Å². The van der Waals surface area contributed by atoms with Crippen LogP contribution in [0.1, 0.15) is 29.3 Å². The first-order valence-corrected chi connectivity index (χ1v) is 8.44. The molecule has 0 bridgehead atoms. The average molecular weight is 363 g/mol. The van der Waals surface area contributed by atoms with Crippen molar-refractivity contribution in [3.63, 3.8) is 0 Å². The fourth-order valence-electron chi connectivity index (χ4n) is 1.96. The van der Waals surface area contributed by atoms with Gasteiger partial charge in [0.2, 0.25) is 0 Å². The van der Waals surface area contributed by atoms with E-state index in [0.717, 1.165) is 17.7 Å². The summed E-state index contributed by atoms with van der Waals surface area (Å²) in [4.78, 5) is 12.2. The summed E-state index contributed by atoms with van der Waals surface area (Å²) in [6.07, 6.45) is 0.938. The van der Waals surface area contributed by atoms with Crippen LogP contribution in [0.2, 0.25) is 5.02 Å². The molecule has 1 amide bonds. The minimum atomic E-state index is -0.270. The van der Waals surface area contributed by atoms with Gasteiger partial charge in [0.15, 0.2) is 5.11 Å². The molecule has 0 saturated carbocycles. The highest BCUT2D eigenvalue weighted by atomic mass is 35.5. The van der Waals surface area contributed by atoms with Crippen LogP contribution in [-0.2, 0) is 6.54 Å². The molecule has 2 aromatic carbocycles. The van der Waals surface area contributed by atoms with Gasteiger partial charge < -0.3 is 10.1 Å². The van der Waals surface area contributed by atoms with E-state index in [0.29, 0.717) is 23.7 Å². The highest BCUT2D eigenvalue weighted by molar-refractivity contribution is 7.80. The van der Waals surface area contributed by atoms with Crippen LogP contribution in [-0.4, -0.2) is 17.6 Å². The molecule has 4 nitrogen and oxygen atoms in total. The summed E-state index contributed by atoms with van der Waals surface area (Å²) < 4.78 is 5.49. The van der Waals surface area contributed by atoms with Crippen molar-refractivity contribution in [2.24, 2.45) is 0 Å². The molecule has 0 spiro atoms. The predicted molar refractivity (Wildman–Crippen MR) is 101 cm³/mol. The van der Waals surface area contributed by atoms with Gasteiger partial charge >= 0.3 is 0 Å². The Kier molecular flexibility index (Phi) is 7.03. The van der Waals surface area contributed by atoms with Gasteiger partial charge in [-0.1, -0.05) is 36.7 Å². The molecule has 0 saturated heterocycles. The number of hydrogen-bond acceptors (Lipinski definition) is 3. The Bertz CT molecular complexity index is 704. The molecule has 2 rings (SSSR count). The maximum absolute atomic E-state index is 12.2. The van der Waals surface area contributed by atoms with E-state index in [1.165, 1.54) is 0 Å². The first kappa shape index (κ1) is 18.2. The first-order valence-electron chi connectivity index (χ1n) is 7.65. The molecule has 0 fully saturated rings. The molecule has 0 heterocycles. The molecular formula is C18H19ClN2O2S. The van der Waals surface area contributed by atoms with E-state index < -0.39 is 0 Å². The molecule has 2 N–H and O–H groups in total. The number of carbonyl (C=O) groups excluding carboxylic acids is 1. The minimum Gasteiger partial charge on any atom is -0.494 e. The van der Waals surface area contributed by atoms with Crippen molar-refractivity contribution in [1.29, 1.82) is 0 Å². The number of ether oxygens (including phenoxy) is 1. The fraction of sp³-hybridized carbons (Fsp3) is 0.222. The molecule has 0 unspecified atom stereocenters. The van der Waals surface area contributed by atoms with Crippen LogP contribution in [0, 0.1) is 0 Å². The molecule has 6 heteroatoms. The van der Waals surface area contributed by atoms with Crippen molar-refractivity contribution in [2.75, 3.05) is 6.61 Å². The van der Waals surface area contributed by atoms with E-state index >= 15 is 0 Å². The lowest BCUT2D eigenvalue weighted by atomic mass is 10.2. The minimum absolute atomic E-state index is 0.256. The Balaban J connectivity index is 1.85. The topological polar surface area (TPSA) is 50.4 Å². The highest BCUT2D eigenvalue weighted by Crippen LogP contribution is 2.14. The lowest BCUT2D eigenvalue weighted by molar-refractivity contribution is 0.0976. The number of amides is 1. The molecule has 0 atom stereocenters. The van der Waals surface area contributed by atoms with Crippen LogP contribution in [0.3, 0.4) is 0 Å². The van der Waals surface area contributed by atoms with Gasteiger partial charge in [-0.15, -0.1) is 0 Å². The molecule has 0 aliphatic heterocycles. The monoisotopic (exact) mass is 362 g/mol. The van der Waals surface area contributed by atoms with Gasteiger partial charge in [-0.25, -0.2) is 0 Å². The molecular weight excluding hydrogens is 344 g/mol. The maximum Gasteiger partial charge on any atom is 0.257 e. The lowest BCUT2D eigenvalue weighted by Gasteiger charge is -2.11. The second kappa shape index (κ2) is 9.25. The van der Waals surface area contributed by atoms with Crippen molar-refractivity contribution in [3.8, 4) is 5.75 Å². The third-order valence-corrected chi connectivity index (χ3v) is 3.83. The smallest absolute Gasteiger partial charge is 0.257 e. The van der Waals surface area contributed by atoms with Crippen LogP contribution in [0.4, 0.5) is 0 Å². The van der Waals surface area contributed by atoms with Gasteiger partial charge in [-0.3, -0.25) is 10.1 Å². The second-order valence-corrected chi connectivity index (χ2v) is 5.92. The first-order chi connectivity index (χ1) is 11.6. The lowest BCUT2D eigenvalue weighted by Crippen LogP contribution is -2.38. The van der Waals surface area contributed by atoms with E-state index in [1.54, 1.807) is 24.3 Å². The van der Waals surface area contributed by atoms with Crippen molar-refractivity contribution >= 4 is 34.8 Å². The Morgan fingerprint density at radius 1 is 1.17 bits per heavy atom. The number of benzene rings is 2. The SMILES string of the molecule is CCCOc1ccc(C(=O)NC(=S)NCc2ccccc2Cl)cc1. The predicted octanol–water partition coefficient (Wildman–Crippen LogP) is 3.93. The van der Waals surface area contributed by atoms with Crippen LogP contribution < -0.4 is 15.4 Å². The highest BCUT2D eigenvalue weighted by Gasteiger charge is 2.08. The number of rotatable bonds is 6. The van der Waals surface area contributed by atoms with Crippen LogP contribution in [0.25, 0.3) is 0 Å². The zero-order chi connectivity index (χ0) is 17.4. The van der Waals surface area contributed by atoms with Crippen molar-refractivity contribution < 1.29 is 9.53 Å². The molecule has 126 valence electrons. The quantitative estimate of drug-likeness (QED) is 0.764. The molecule has 0 radical (unpaired) electrons. The Morgan fingerprint density at radius 3 is 2.54 bits per heavy atom. The summed E-state index contributed by atoms with van der Waals surface area (Å²) in [6, 6.07) is 14.4. The zero-order valence-corrected chi connectivity index (χ0v) is 14.9. The molecule has 0 aromatic heterocycles. The van der Waals surface area contributed by atoms with Gasteiger partial charge in [-0.05, 0) is 54.5 Å². The summed E-state index contributed by atoms with van der Waals surface area (Å²) in [5, 5.41) is 6.53. The summed E-state index contributed by atoms with van der Waals surface area (Å²) in [7, 11) is 0. The summed E-state index contributed by atoms with van der Waals surface area (Å²) in [6.45, 7) is 3.14. The normalized spacial score (nSPS) is 10.1. The van der Waals surface area contributed by atoms with E-state index in [4.69, 9.17) is 28.6 Å². The Morgan fingerprint density at radius 2 is 1.88 bits per heavy atom. The number of thiocarbonyl (C=S) groups is 1. The van der Waals surface area contributed by atoms with Crippen LogP contribution >= 0.6 is 23.8 Å². The molecule has 0 aliphatic carbocycles. The third-order valence-electron chi connectivity index (χ3n) is 3.21. The molecule has 2 aromatic rings. The molecule has 0 aliphatic rings. The maximum atomic E-state index is 12.2. The van der Waals surface area contributed by atoms with Crippen molar-refractivity contribution in [2.45, 2.75) is 19.9 Å². The largest absolute Gasteiger partial charge is 0.494 e. The zero-order valence-electron chi connectivity index (χ0n) is 13.3. The van der Waals surface area contributed by atoms with E-state index in [9.17, 15) is 4.79 Å². The third kappa shape index (κ3) is 5.51. The van der Waals surface area contributed by atoms with Crippen molar-refractivity contribution in [1.82, 2.24) is 10.6 Å². The summed E-state index contributed by atoms with van der Waals surface area (Å²) in [5.74, 6) is 0.474. The average Bonchev–Trinajstić information content (AvgIpc) is 2.59. The van der Waals surface area contributed by atoms with E-state index in [1.807, 2.05) is 31.2 Å². The van der Waals surface area contributed by atoms with Gasteiger partial charge in [0.1, 0.15) is 5.75 Å². The fourth-order valence-corrected chi connectivity index (χ4v) is 2.33. The van der Waals surface area contributed by atoms with Gasteiger partial charge in [0, 0.05) is 17.1 Å². The summed E-state index contributed by atoms with van der Waals surface area (Å²) in [5.41, 5.74) is 1.42. The molecule has 24 heavy (non-hydrogen) atoms. The van der Waals surface area contributed by atoms with Crippen molar-refractivity contribution in [3.05, 3.63) is 64.7 Å². The van der Waals surface area contributed by atoms with Gasteiger partial charge in [0.05, 0.1) is 6.61 Å². The number of carbonyl (C=O) groups is 1. The standard InChI is InChI=1S/C18H19ClN2O2S/c1-2-11-23-15-9-7-13(8-10-15)17(22)21-18(24)20-12-14-5-3-4-6-16(14)19/h3-10H,2,11-12H2,1H3,(H2,20,21,22,24). The number of nitrogens with one attached hydrogen (secondary N) is 2. The van der Waals surface area contributed by atoms with E-state index in [-0.39, 0.29) is 11.0 Å².